The first-order valence-corrected chi connectivity index (χ1v) is 8.46. The molecular weight excluding hydrogens is 397 g/mol. The summed E-state index contributed by atoms with van der Waals surface area (Å²) in [5.41, 5.74) is -0.558. The number of methoxy groups -OCH3 is 1. The number of phenolic OH excluding ortho intramolecular Hbond substituents is 1. The number of phenols is 1. The van der Waals surface area contributed by atoms with Gasteiger partial charge in [0.25, 0.3) is 0 Å². The van der Waals surface area contributed by atoms with E-state index in [4.69, 9.17) is 4.74 Å². The van der Waals surface area contributed by atoms with Gasteiger partial charge in [0.1, 0.15) is 23.2 Å². The van der Waals surface area contributed by atoms with E-state index in [0.717, 1.165) is 12.1 Å². The lowest BCUT2D eigenvalue weighted by Gasteiger charge is -2.21. The topological polar surface area (TPSA) is 113 Å². The zero-order chi connectivity index (χ0) is 21.8. The maximum Gasteiger partial charge on any atom is 0.425 e. The van der Waals surface area contributed by atoms with Crippen LogP contribution in [0, 0.1) is 0 Å². The van der Waals surface area contributed by atoms with Crippen molar-refractivity contribution in [2.24, 2.45) is 0 Å². The lowest BCUT2D eigenvalue weighted by atomic mass is 10.0. The number of ether oxygens (including phenoxy) is 2. The molecule has 7 nitrogen and oxygen atoms in total. The Morgan fingerprint density at radius 2 is 1.76 bits per heavy atom. The number of benzene rings is 1. The van der Waals surface area contributed by atoms with E-state index in [9.17, 15) is 38.1 Å². The summed E-state index contributed by atoms with van der Waals surface area (Å²) in [6.07, 6.45) is -8.04. The summed E-state index contributed by atoms with van der Waals surface area (Å²) >= 11 is 0. The number of hydrogen-bond acceptors (Lipinski definition) is 7. The molecule has 0 aromatic heterocycles. The maximum atomic E-state index is 13.2. The van der Waals surface area contributed by atoms with Gasteiger partial charge in [0.2, 0.25) is 6.10 Å². The quantitative estimate of drug-likeness (QED) is 0.601. The Kier molecular flexibility index (Phi) is 7.04. The summed E-state index contributed by atoms with van der Waals surface area (Å²) in [6, 6.07) is 2.31. The van der Waals surface area contributed by atoms with Crippen LogP contribution < -0.4 is 4.74 Å². The Bertz CT molecular complexity index is 830. The van der Waals surface area contributed by atoms with Gasteiger partial charge in [-0.1, -0.05) is 18.2 Å². The molecule has 0 radical (unpaired) electrons. The first kappa shape index (κ1) is 22.4. The molecule has 1 unspecified atom stereocenters. The van der Waals surface area contributed by atoms with Gasteiger partial charge in [-0.15, -0.1) is 0 Å². The van der Waals surface area contributed by atoms with Gasteiger partial charge in [-0.05, 0) is 24.1 Å². The number of carbonyl (C=O) groups is 2. The number of carbonyl (C=O) groups excluding carboxylic acids is 2. The molecule has 1 heterocycles. The molecule has 0 amide bonds. The molecule has 2 rings (SSSR count). The normalized spacial score (nSPS) is 26.1. The number of aromatic hydroxyl groups is 1. The van der Waals surface area contributed by atoms with Crippen LogP contribution in [-0.2, 0) is 9.53 Å². The summed E-state index contributed by atoms with van der Waals surface area (Å²) < 4.78 is 49.2. The fraction of sp³-hybridized carbons (Fsp3) is 0.368. The second-order valence-electron chi connectivity index (χ2n) is 6.24. The largest absolute Gasteiger partial charge is 0.507 e. The molecule has 10 heteroatoms. The minimum atomic E-state index is -4.95. The van der Waals surface area contributed by atoms with Crippen molar-refractivity contribution in [2.45, 2.75) is 37.3 Å². The molecule has 0 aliphatic carbocycles. The van der Waals surface area contributed by atoms with Crippen LogP contribution in [0.3, 0.4) is 0 Å². The second-order valence-corrected chi connectivity index (χ2v) is 6.24. The summed E-state index contributed by atoms with van der Waals surface area (Å²) in [5.74, 6) is -2.96. The molecule has 1 aliphatic heterocycles. The van der Waals surface area contributed by atoms with Crippen LogP contribution >= 0.6 is 0 Å². The molecule has 1 aliphatic rings. The predicted molar refractivity (Wildman–Crippen MR) is 94.3 cm³/mol. The van der Waals surface area contributed by atoms with Crippen molar-refractivity contribution in [3.63, 3.8) is 0 Å². The highest BCUT2D eigenvalue weighted by molar-refractivity contribution is 5.97. The zero-order valence-corrected chi connectivity index (χ0v) is 15.2. The molecule has 3 N–H and O–H groups in total. The Balaban J connectivity index is 2.55. The molecule has 0 bridgehead atoms. The third-order valence-electron chi connectivity index (χ3n) is 4.14. The molecule has 0 saturated carbocycles. The molecule has 0 saturated heterocycles. The van der Waals surface area contributed by atoms with Crippen molar-refractivity contribution < 1.29 is 47.6 Å². The minimum Gasteiger partial charge on any atom is -0.507 e. The van der Waals surface area contributed by atoms with Crippen molar-refractivity contribution in [2.75, 3.05) is 7.11 Å². The highest BCUT2D eigenvalue weighted by Crippen LogP contribution is 2.32. The minimum absolute atomic E-state index is 0.0339. The number of halogens is 3. The van der Waals surface area contributed by atoms with Gasteiger partial charge in [0.05, 0.1) is 13.2 Å². The van der Waals surface area contributed by atoms with Crippen molar-refractivity contribution in [1.29, 1.82) is 0 Å². The highest BCUT2D eigenvalue weighted by atomic mass is 19.4. The monoisotopic (exact) mass is 416 g/mol. The average Bonchev–Trinajstić information content (AvgIpc) is 2.64. The molecule has 29 heavy (non-hydrogen) atoms. The van der Waals surface area contributed by atoms with Gasteiger partial charge >= 0.3 is 12.1 Å². The number of hydrogen-bond donors (Lipinski definition) is 3. The number of cyclic esters (lactones) is 1. The molecule has 1 aromatic carbocycles. The number of ketones is 1. The standard InChI is InChI=1S/C19H19F3O7/c1-28-11-8-10-4-2-5-12(23)17(26)13(24)6-3-7-15(19(20,21)22)29-18(27)16(10)14(25)9-11/h2-4,6,8-9,12,15,17,23,25-26H,5,7H2,1H3/b4-2+,6-3-/t12-,15+,17?/m0/s1. The fourth-order valence-electron chi connectivity index (χ4n) is 2.59. The van der Waals surface area contributed by atoms with Crippen molar-refractivity contribution in [1.82, 2.24) is 0 Å². The summed E-state index contributed by atoms with van der Waals surface area (Å²) in [4.78, 5) is 24.2. The van der Waals surface area contributed by atoms with Gasteiger partial charge in [-0.2, -0.15) is 13.2 Å². The SMILES string of the molecule is COc1cc(O)c2c(c1)/C=C/C[C@H](O)C(O)C(=O)/C=C\C[C@H](C(F)(F)F)OC2=O. The number of fused-ring (bicyclic) bond motifs is 1. The van der Waals surface area contributed by atoms with Gasteiger partial charge in [0, 0.05) is 12.5 Å². The van der Waals surface area contributed by atoms with E-state index in [1.54, 1.807) is 0 Å². The number of esters is 1. The summed E-state index contributed by atoms with van der Waals surface area (Å²) in [7, 11) is 1.28. The van der Waals surface area contributed by atoms with Gasteiger partial charge < -0.3 is 24.8 Å². The van der Waals surface area contributed by atoms with Crippen LogP contribution in [0.5, 0.6) is 11.5 Å². The maximum absolute atomic E-state index is 13.2. The van der Waals surface area contributed by atoms with E-state index in [0.29, 0.717) is 6.08 Å². The van der Waals surface area contributed by atoms with Crippen LogP contribution in [0.1, 0.15) is 28.8 Å². The number of aliphatic hydroxyl groups is 2. The lowest BCUT2D eigenvalue weighted by molar-refractivity contribution is -0.203. The van der Waals surface area contributed by atoms with Crippen molar-refractivity contribution in [3.05, 3.63) is 41.5 Å². The Labute approximate surface area is 163 Å². The third-order valence-corrected chi connectivity index (χ3v) is 4.14. The smallest absolute Gasteiger partial charge is 0.425 e. The summed E-state index contributed by atoms with van der Waals surface area (Å²) in [5, 5.41) is 29.8. The molecular formula is C19H19F3O7. The van der Waals surface area contributed by atoms with Crippen LogP contribution in [0.25, 0.3) is 6.08 Å². The van der Waals surface area contributed by atoms with Crippen molar-refractivity contribution >= 4 is 17.8 Å². The molecule has 3 atom stereocenters. The molecule has 0 spiro atoms. The van der Waals surface area contributed by atoms with E-state index in [-0.39, 0.29) is 17.7 Å². The van der Waals surface area contributed by atoms with E-state index < -0.39 is 54.0 Å². The number of aliphatic hydroxyl groups excluding tert-OH is 2. The molecule has 0 fully saturated rings. The van der Waals surface area contributed by atoms with Crippen molar-refractivity contribution in [3.8, 4) is 11.5 Å². The highest BCUT2D eigenvalue weighted by Gasteiger charge is 2.42. The number of alkyl halides is 3. The third kappa shape index (κ3) is 5.58. The van der Waals surface area contributed by atoms with Gasteiger partial charge in [-0.3, -0.25) is 4.79 Å². The molecule has 158 valence electrons. The van der Waals surface area contributed by atoms with Crippen LogP contribution in [0.2, 0.25) is 0 Å². The Hall–Kier alpha value is -2.85. The predicted octanol–water partition coefficient (Wildman–Crippen LogP) is 2.14. The van der Waals surface area contributed by atoms with Gasteiger partial charge in [0.15, 0.2) is 5.78 Å². The van der Waals surface area contributed by atoms with E-state index in [2.05, 4.69) is 4.74 Å². The summed E-state index contributed by atoms with van der Waals surface area (Å²) in [6.45, 7) is 0. The first-order valence-electron chi connectivity index (χ1n) is 8.46. The van der Waals surface area contributed by atoms with E-state index in [1.165, 1.54) is 25.3 Å². The Morgan fingerprint density at radius 3 is 2.38 bits per heavy atom. The Morgan fingerprint density at radius 1 is 1.10 bits per heavy atom. The van der Waals surface area contributed by atoms with Crippen LogP contribution in [-0.4, -0.2) is 58.7 Å². The average molecular weight is 416 g/mol. The van der Waals surface area contributed by atoms with Crippen LogP contribution in [0.15, 0.2) is 30.4 Å². The fourth-order valence-corrected chi connectivity index (χ4v) is 2.59. The molecule has 1 aromatic rings. The van der Waals surface area contributed by atoms with Crippen LogP contribution in [0.4, 0.5) is 13.2 Å². The second kappa shape index (κ2) is 9.10. The number of rotatable bonds is 1. The first-order chi connectivity index (χ1) is 13.5. The van der Waals surface area contributed by atoms with Gasteiger partial charge in [-0.25, -0.2) is 4.79 Å². The zero-order valence-electron chi connectivity index (χ0n) is 15.2. The van der Waals surface area contributed by atoms with E-state index >= 15 is 0 Å². The van der Waals surface area contributed by atoms with E-state index in [1.807, 2.05) is 0 Å². The lowest BCUT2D eigenvalue weighted by Crippen LogP contribution is -2.34.